The van der Waals surface area contributed by atoms with Crippen LogP contribution in [0.25, 0.3) is 22.4 Å². The molecule has 0 aliphatic carbocycles. The van der Waals surface area contributed by atoms with Crippen molar-refractivity contribution in [1.82, 2.24) is 15.0 Å². The van der Waals surface area contributed by atoms with Gasteiger partial charge in [-0.3, -0.25) is 9.59 Å². The number of aromatic nitrogens is 2. The van der Waals surface area contributed by atoms with Crippen molar-refractivity contribution >= 4 is 28.6 Å². The van der Waals surface area contributed by atoms with Crippen LogP contribution < -0.4 is 5.32 Å². The highest BCUT2D eigenvalue weighted by atomic mass is 16.5. The maximum Gasteiger partial charge on any atom is 0.259 e. The zero-order valence-electron chi connectivity index (χ0n) is 18.1. The summed E-state index contributed by atoms with van der Waals surface area (Å²) in [4.78, 5) is 32.4. The standard InChI is InChI=1S/C25H22N4O4/c1-16-22-20(15-21(27-24(22)33-28-16)17-6-3-2-4-7-17)23(30)26-19-9-5-8-18(14-19)25(31)29-10-12-32-13-11-29/h2-9,14-15H,10-13H2,1H3,(H,26,30). The summed E-state index contributed by atoms with van der Waals surface area (Å²) in [5.74, 6) is -0.413. The second-order valence-corrected chi connectivity index (χ2v) is 7.81. The molecule has 2 amide bonds. The lowest BCUT2D eigenvalue weighted by Crippen LogP contribution is -2.40. The van der Waals surface area contributed by atoms with Crippen LogP contribution in [0.3, 0.4) is 0 Å². The lowest BCUT2D eigenvalue weighted by Gasteiger charge is -2.27. The Balaban J connectivity index is 1.46. The summed E-state index contributed by atoms with van der Waals surface area (Å²) in [5, 5.41) is 7.47. The molecule has 0 atom stereocenters. The van der Waals surface area contributed by atoms with Gasteiger partial charge in [0, 0.05) is 29.9 Å². The summed E-state index contributed by atoms with van der Waals surface area (Å²) < 4.78 is 10.7. The Labute approximate surface area is 190 Å². The first kappa shape index (κ1) is 20.8. The third-order valence-corrected chi connectivity index (χ3v) is 5.60. The molecule has 166 valence electrons. The van der Waals surface area contributed by atoms with Gasteiger partial charge in [-0.05, 0) is 31.2 Å². The second kappa shape index (κ2) is 8.84. The number of morpholine rings is 1. The van der Waals surface area contributed by atoms with Gasteiger partial charge in [0.15, 0.2) is 0 Å². The van der Waals surface area contributed by atoms with E-state index in [1.54, 1.807) is 42.2 Å². The summed E-state index contributed by atoms with van der Waals surface area (Å²) in [6.45, 7) is 3.94. The van der Waals surface area contributed by atoms with Gasteiger partial charge >= 0.3 is 0 Å². The molecule has 1 fully saturated rings. The molecule has 4 aromatic rings. The van der Waals surface area contributed by atoms with E-state index in [0.717, 1.165) is 5.56 Å². The highest BCUT2D eigenvalue weighted by Gasteiger charge is 2.21. The number of fused-ring (bicyclic) bond motifs is 1. The average Bonchev–Trinajstić information content (AvgIpc) is 3.25. The number of benzene rings is 2. The summed E-state index contributed by atoms with van der Waals surface area (Å²) in [7, 11) is 0. The lowest BCUT2D eigenvalue weighted by atomic mass is 10.0. The molecule has 1 aliphatic rings. The number of hydrogen-bond acceptors (Lipinski definition) is 6. The van der Waals surface area contributed by atoms with E-state index in [9.17, 15) is 9.59 Å². The fourth-order valence-electron chi connectivity index (χ4n) is 3.91. The van der Waals surface area contributed by atoms with Crippen LogP contribution in [-0.2, 0) is 4.74 Å². The van der Waals surface area contributed by atoms with Crippen molar-refractivity contribution < 1.29 is 18.8 Å². The normalized spacial score (nSPS) is 13.8. The van der Waals surface area contributed by atoms with Gasteiger partial charge in [-0.1, -0.05) is 41.6 Å². The molecule has 5 rings (SSSR count). The number of nitrogens with zero attached hydrogens (tertiary/aromatic N) is 3. The van der Waals surface area contributed by atoms with Gasteiger partial charge in [0.05, 0.1) is 35.6 Å². The highest BCUT2D eigenvalue weighted by Crippen LogP contribution is 2.28. The number of carbonyl (C=O) groups is 2. The van der Waals surface area contributed by atoms with E-state index in [2.05, 4.69) is 15.5 Å². The fraction of sp³-hybridized carbons (Fsp3) is 0.200. The zero-order chi connectivity index (χ0) is 22.8. The van der Waals surface area contributed by atoms with Crippen molar-refractivity contribution in [1.29, 1.82) is 0 Å². The maximum atomic E-state index is 13.3. The number of ether oxygens (including phenoxy) is 1. The van der Waals surface area contributed by atoms with Gasteiger partial charge in [0.2, 0.25) is 0 Å². The summed E-state index contributed by atoms with van der Waals surface area (Å²) in [6.07, 6.45) is 0. The Morgan fingerprint density at radius 2 is 1.79 bits per heavy atom. The molecule has 8 nitrogen and oxygen atoms in total. The van der Waals surface area contributed by atoms with Gasteiger partial charge in [-0.2, -0.15) is 0 Å². The van der Waals surface area contributed by atoms with Crippen molar-refractivity contribution in [3.8, 4) is 11.3 Å². The van der Waals surface area contributed by atoms with Gasteiger partial charge in [-0.15, -0.1) is 0 Å². The Kier molecular flexibility index (Phi) is 5.58. The number of anilines is 1. The minimum Gasteiger partial charge on any atom is -0.378 e. The highest BCUT2D eigenvalue weighted by molar-refractivity contribution is 6.13. The Morgan fingerprint density at radius 3 is 2.58 bits per heavy atom. The van der Waals surface area contributed by atoms with Gasteiger partial charge in [0.1, 0.15) is 0 Å². The molecule has 2 aromatic carbocycles. The van der Waals surface area contributed by atoms with Crippen LogP contribution in [0.5, 0.6) is 0 Å². The largest absolute Gasteiger partial charge is 0.378 e. The third kappa shape index (κ3) is 4.20. The topological polar surface area (TPSA) is 97.6 Å². The smallest absolute Gasteiger partial charge is 0.259 e. The monoisotopic (exact) mass is 442 g/mol. The Morgan fingerprint density at radius 1 is 1.00 bits per heavy atom. The number of rotatable bonds is 4. The van der Waals surface area contributed by atoms with E-state index >= 15 is 0 Å². The Bertz CT molecular complexity index is 1330. The first-order valence-corrected chi connectivity index (χ1v) is 10.7. The van der Waals surface area contributed by atoms with Crippen LogP contribution in [0, 0.1) is 6.92 Å². The molecule has 8 heteroatoms. The molecule has 0 radical (unpaired) electrons. The van der Waals surface area contributed by atoms with Crippen LogP contribution in [0.4, 0.5) is 5.69 Å². The molecule has 0 spiro atoms. The quantitative estimate of drug-likeness (QED) is 0.514. The van der Waals surface area contributed by atoms with E-state index in [1.165, 1.54) is 0 Å². The number of pyridine rings is 1. The average molecular weight is 442 g/mol. The maximum absolute atomic E-state index is 13.3. The van der Waals surface area contributed by atoms with E-state index < -0.39 is 0 Å². The molecule has 1 N–H and O–H groups in total. The van der Waals surface area contributed by atoms with E-state index in [4.69, 9.17) is 9.26 Å². The van der Waals surface area contributed by atoms with Crippen molar-refractivity contribution in [3.63, 3.8) is 0 Å². The first-order chi connectivity index (χ1) is 16.1. The molecule has 1 aliphatic heterocycles. The summed E-state index contributed by atoms with van der Waals surface area (Å²) in [6, 6.07) is 18.2. The molecule has 2 aromatic heterocycles. The molecule has 0 unspecified atom stereocenters. The minimum atomic E-state index is -0.332. The number of amides is 2. The molecule has 33 heavy (non-hydrogen) atoms. The molecule has 1 saturated heterocycles. The molecule has 3 heterocycles. The molecular formula is C25H22N4O4. The van der Waals surface area contributed by atoms with Crippen molar-refractivity contribution in [2.24, 2.45) is 0 Å². The minimum absolute atomic E-state index is 0.0815. The number of aryl methyl sites for hydroxylation is 1. The predicted molar refractivity (Wildman–Crippen MR) is 123 cm³/mol. The number of hydrogen-bond donors (Lipinski definition) is 1. The molecule has 0 saturated carbocycles. The molecular weight excluding hydrogens is 420 g/mol. The van der Waals surface area contributed by atoms with Crippen LogP contribution >= 0.6 is 0 Å². The van der Waals surface area contributed by atoms with E-state index in [-0.39, 0.29) is 11.8 Å². The predicted octanol–water partition coefficient (Wildman–Crippen LogP) is 3.92. The first-order valence-electron chi connectivity index (χ1n) is 10.7. The van der Waals surface area contributed by atoms with Crippen LogP contribution in [-0.4, -0.2) is 53.2 Å². The van der Waals surface area contributed by atoms with Crippen molar-refractivity contribution in [3.05, 3.63) is 77.5 Å². The summed E-state index contributed by atoms with van der Waals surface area (Å²) >= 11 is 0. The van der Waals surface area contributed by atoms with Gasteiger partial charge < -0.3 is 19.5 Å². The number of carbonyl (C=O) groups excluding carboxylic acids is 2. The van der Waals surface area contributed by atoms with E-state index in [1.807, 2.05) is 30.3 Å². The lowest BCUT2D eigenvalue weighted by molar-refractivity contribution is 0.0303. The Hall–Kier alpha value is -4.04. The zero-order valence-corrected chi connectivity index (χ0v) is 18.1. The SMILES string of the molecule is Cc1noc2nc(-c3ccccc3)cc(C(=O)Nc3cccc(C(=O)N4CCOCC4)c3)c12. The van der Waals surface area contributed by atoms with Gasteiger partial charge in [0.25, 0.3) is 17.5 Å². The van der Waals surface area contributed by atoms with Crippen molar-refractivity contribution in [2.45, 2.75) is 6.92 Å². The number of nitrogens with one attached hydrogen (secondary N) is 1. The fourth-order valence-corrected chi connectivity index (χ4v) is 3.91. The van der Waals surface area contributed by atoms with Gasteiger partial charge in [-0.25, -0.2) is 4.98 Å². The second-order valence-electron chi connectivity index (χ2n) is 7.81. The van der Waals surface area contributed by atoms with Crippen LogP contribution in [0.15, 0.2) is 65.2 Å². The third-order valence-electron chi connectivity index (χ3n) is 5.60. The summed E-state index contributed by atoms with van der Waals surface area (Å²) in [5.41, 5.74) is 3.80. The molecule has 0 bridgehead atoms. The van der Waals surface area contributed by atoms with E-state index in [0.29, 0.717) is 65.6 Å². The van der Waals surface area contributed by atoms with Crippen LogP contribution in [0.1, 0.15) is 26.4 Å². The van der Waals surface area contributed by atoms with Crippen LogP contribution in [0.2, 0.25) is 0 Å². The van der Waals surface area contributed by atoms with Crippen molar-refractivity contribution in [2.75, 3.05) is 31.6 Å².